The predicted molar refractivity (Wildman–Crippen MR) is 127 cm³/mol. The van der Waals surface area contributed by atoms with Gasteiger partial charge in [0.25, 0.3) is 0 Å². The quantitative estimate of drug-likeness (QED) is 0.537. The Labute approximate surface area is 197 Å². The molecule has 1 unspecified atom stereocenters. The molecule has 2 N–H and O–H groups in total. The third-order valence-electron chi connectivity index (χ3n) is 5.99. The summed E-state index contributed by atoms with van der Waals surface area (Å²) in [7, 11) is 0. The number of hydrogen-bond acceptors (Lipinski definition) is 10. The number of aromatic nitrogens is 5. The zero-order chi connectivity index (χ0) is 22.6. The van der Waals surface area contributed by atoms with Gasteiger partial charge in [0.15, 0.2) is 10.9 Å². The van der Waals surface area contributed by atoms with Crippen LogP contribution in [0.3, 0.4) is 0 Å². The molecule has 0 spiro atoms. The molecule has 0 aromatic carbocycles. The molecule has 2 aliphatic rings. The van der Waals surface area contributed by atoms with Crippen LogP contribution in [0.2, 0.25) is 0 Å². The maximum atomic E-state index is 9.67. The van der Waals surface area contributed by atoms with Crippen LogP contribution < -0.4 is 10.1 Å². The fraction of sp³-hybridized carbons (Fsp3) is 0.522. The first-order valence-electron chi connectivity index (χ1n) is 11.6. The highest BCUT2D eigenvalue weighted by atomic mass is 32.1. The molecule has 9 nitrogen and oxygen atoms in total. The minimum Gasteiger partial charge on any atom is -0.460 e. The molecular weight excluding hydrogens is 438 g/mol. The van der Waals surface area contributed by atoms with E-state index in [1.807, 2.05) is 13.0 Å². The number of rotatable bonds is 7. The lowest BCUT2D eigenvalue weighted by molar-refractivity contribution is 0.142. The molecule has 0 radical (unpaired) electrons. The van der Waals surface area contributed by atoms with Crippen molar-refractivity contribution >= 4 is 22.3 Å². The predicted octanol–water partition coefficient (Wildman–Crippen LogP) is 3.72. The summed E-state index contributed by atoms with van der Waals surface area (Å²) in [6.07, 6.45) is 11.9. The second-order valence-corrected chi connectivity index (χ2v) is 9.81. The van der Waals surface area contributed by atoms with Crippen molar-refractivity contribution in [3.8, 4) is 16.6 Å². The van der Waals surface area contributed by atoms with Gasteiger partial charge in [-0.15, -0.1) is 0 Å². The summed E-state index contributed by atoms with van der Waals surface area (Å²) in [6, 6.07) is 2.40. The van der Waals surface area contributed by atoms with E-state index < -0.39 is 0 Å². The third-order valence-corrected chi connectivity index (χ3v) is 6.92. The molecule has 0 bridgehead atoms. The van der Waals surface area contributed by atoms with Crippen LogP contribution in [0.15, 0.2) is 24.7 Å². The summed E-state index contributed by atoms with van der Waals surface area (Å²) in [5, 5.41) is 13.6. The number of thiazole rings is 1. The Balaban J connectivity index is 1.23. The minimum absolute atomic E-state index is 0.212. The smallest absolute Gasteiger partial charge is 0.317 e. The molecule has 1 aliphatic carbocycles. The number of aliphatic hydroxyl groups is 1. The molecule has 1 aliphatic heterocycles. The van der Waals surface area contributed by atoms with Gasteiger partial charge in [0.1, 0.15) is 6.10 Å². The van der Waals surface area contributed by atoms with Gasteiger partial charge in [-0.05, 0) is 45.1 Å². The third kappa shape index (κ3) is 5.82. The highest BCUT2D eigenvalue weighted by Crippen LogP contribution is 2.31. The van der Waals surface area contributed by atoms with E-state index in [1.165, 1.54) is 30.6 Å². The first-order chi connectivity index (χ1) is 16.1. The van der Waals surface area contributed by atoms with Crippen LogP contribution in [-0.2, 0) is 6.54 Å². The summed E-state index contributed by atoms with van der Waals surface area (Å²) >= 11 is 1.50. The molecule has 3 aromatic rings. The Morgan fingerprint density at radius 1 is 1.09 bits per heavy atom. The first kappa shape index (κ1) is 22.1. The number of hydrogen-bond donors (Lipinski definition) is 2. The number of nitrogens with zero attached hydrogens (tertiary/aromatic N) is 6. The van der Waals surface area contributed by atoms with E-state index in [9.17, 15) is 5.11 Å². The molecule has 2 fully saturated rings. The lowest BCUT2D eigenvalue weighted by Crippen LogP contribution is -2.22. The van der Waals surface area contributed by atoms with E-state index in [0.717, 1.165) is 52.9 Å². The van der Waals surface area contributed by atoms with Crippen LogP contribution in [-0.4, -0.2) is 60.2 Å². The van der Waals surface area contributed by atoms with Gasteiger partial charge in [0.05, 0.1) is 34.8 Å². The SMILES string of the molecule is Cc1cc(-c2cnc(Nc3cnc(CN4CCC(O)C4)cn3)s2)nc(OC2CCCCC2)n1. The van der Waals surface area contributed by atoms with Gasteiger partial charge >= 0.3 is 6.01 Å². The van der Waals surface area contributed by atoms with Gasteiger partial charge in [0, 0.05) is 31.5 Å². The molecule has 174 valence electrons. The largest absolute Gasteiger partial charge is 0.460 e. The number of anilines is 2. The minimum atomic E-state index is -0.230. The zero-order valence-electron chi connectivity index (χ0n) is 18.8. The lowest BCUT2D eigenvalue weighted by atomic mass is 9.98. The number of aliphatic hydroxyl groups excluding tert-OH is 1. The van der Waals surface area contributed by atoms with Gasteiger partial charge in [0.2, 0.25) is 0 Å². The molecule has 10 heteroatoms. The fourth-order valence-corrected chi connectivity index (χ4v) is 5.08. The maximum absolute atomic E-state index is 9.67. The van der Waals surface area contributed by atoms with E-state index in [2.05, 4.69) is 35.1 Å². The van der Waals surface area contributed by atoms with Crippen molar-refractivity contribution in [3.05, 3.63) is 36.0 Å². The summed E-state index contributed by atoms with van der Waals surface area (Å²) in [6.45, 7) is 4.24. The lowest BCUT2D eigenvalue weighted by Gasteiger charge is -2.21. The van der Waals surface area contributed by atoms with Crippen molar-refractivity contribution in [2.24, 2.45) is 0 Å². The van der Waals surface area contributed by atoms with Crippen molar-refractivity contribution in [1.82, 2.24) is 29.8 Å². The van der Waals surface area contributed by atoms with E-state index in [4.69, 9.17) is 4.74 Å². The summed E-state index contributed by atoms with van der Waals surface area (Å²) in [4.78, 5) is 25.7. The molecule has 33 heavy (non-hydrogen) atoms. The molecule has 1 saturated heterocycles. The Bertz CT molecular complexity index is 1070. The zero-order valence-corrected chi connectivity index (χ0v) is 19.6. The molecule has 0 amide bonds. The number of ether oxygens (including phenoxy) is 1. The number of likely N-dealkylation sites (tertiary alicyclic amines) is 1. The Morgan fingerprint density at radius 2 is 1.97 bits per heavy atom. The monoisotopic (exact) mass is 467 g/mol. The van der Waals surface area contributed by atoms with Crippen LogP contribution in [0, 0.1) is 6.92 Å². The second-order valence-electron chi connectivity index (χ2n) is 8.78. The van der Waals surface area contributed by atoms with Crippen molar-refractivity contribution < 1.29 is 9.84 Å². The summed E-state index contributed by atoms with van der Waals surface area (Å²) < 4.78 is 6.08. The Hall–Kier alpha value is -2.69. The topological polar surface area (TPSA) is 109 Å². The van der Waals surface area contributed by atoms with Gasteiger partial charge in [-0.1, -0.05) is 17.8 Å². The van der Waals surface area contributed by atoms with E-state index >= 15 is 0 Å². The standard InChI is InChI=1S/C23H29N7O2S/c1-15-9-19(28-22(27-15)32-18-5-3-2-4-6-18)20-11-26-23(33-20)29-21-12-24-16(10-25-21)13-30-8-7-17(31)14-30/h9-12,17-18,31H,2-8,13-14H2,1H3,(H,25,26,29). The second kappa shape index (κ2) is 10.1. The van der Waals surface area contributed by atoms with Gasteiger partial charge < -0.3 is 15.2 Å². The Morgan fingerprint density at radius 3 is 2.73 bits per heavy atom. The maximum Gasteiger partial charge on any atom is 0.317 e. The first-order valence-corrected chi connectivity index (χ1v) is 12.4. The molecule has 3 aromatic heterocycles. The molecule has 5 rings (SSSR count). The summed E-state index contributed by atoms with van der Waals surface area (Å²) in [5.74, 6) is 0.640. The van der Waals surface area contributed by atoms with Crippen LogP contribution in [0.1, 0.15) is 49.9 Å². The van der Waals surface area contributed by atoms with E-state index in [-0.39, 0.29) is 12.2 Å². The Kier molecular flexibility index (Phi) is 6.75. The molecular formula is C23H29N7O2S. The average Bonchev–Trinajstić information content (AvgIpc) is 3.44. The molecule has 1 saturated carbocycles. The van der Waals surface area contributed by atoms with Gasteiger partial charge in [-0.2, -0.15) is 4.98 Å². The highest BCUT2D eigenvalue weighted by molar-refractivity contribution is 7.18. The molecule has 1 atom stereocenters. The van der Waals surface area contributed by atoms with E-state index in [1.54, 1.807) is 18.6 Å². The highest BCUT2D eigenvalue weighted by Gasteiger charge is 2.21. The van der Waals surface area contributed by atoms with Crippen LogP contribution >= 0.6 is 11.3 Å². The van der Waals surface area contributed by atoms with Gasteiger partial charge in [-0.25, -0.2) is 15.0 Å². The van der Waals surface area contributed by atoms with Crippen LogP contribution in [0.25, 0.3) is 10.6 Å². The van der Waals surface area contributed by atoms with Crippen molar-refractivity contribution in [1.29, 1.82) is 0 Å². The van der Waals surface area contributed by atoms with E-state index in [0.29, 0.717) is 24.9 Å². The van der Waals surface area contributed by atoms with Crippen LogP contribution in [0.4, 0.5) is 10.9 Å². The number of β-amino-alcohol motifs (C(OH)–C–C–N with tert-alkyl or cyclic N) is 1. The van der Waals surface area contributed by atoms with Crippen molar-refractivity contribution in [3.63, 3.8) is 0 Å². The fourth-order valence-electron chi connectivity index (χ4n) is 4.30. The average molecular weight is 468 g/mol. The number of aryl methyl sites for hydroxylation is 1. The van der Waals surface area contributed by atoms with Gasteiger partial charge in [-0.3, -0.25) is 9.88 Å². The molecule has 4 heterocycles. The van der Waals surface area contributed by atoms with Crippen LogP contribution in [0.5, 0.6) is 6.01 Å². The normalized spacial score (nSPS) is 19.6. The van der Waals surface area contributed by atoms with Crippen molar-refractivity contribution in [2.45, 2.75) is 64.2 Å². The van der Waals surface area contributed by atoms with Crippen molar-refractivity contribution in [2.75, 3.05) is 18.4 Å². The summed E-state index contributed by atoms with van der Waals surface area (Å²) in [5.41, 5.74) is 2.57. The number of nitrogens with one attached hydrogen (secondary N) is 1.